The molecule has 0 spiro atoms. The van der Waals surface area contributed by atoms with Crippen molar-refractivity contribution in [3.05, 3.63) is 58.7 Å². The lowest BCUT2D eigenvalue weighted by Crippen LogP contribution is -2.25. The molecule has 0 unspecified atom stereocenters. The van der Waals surface area contributed by atoms with Crippen LogP contribution in [0.2, 0.25) is 0 Å². The van der Waals surface area contributed by atoms with Gasteiger partial charge in [0.1, 0.15) is 0 Å². The molecule has 6 heteroatoms. The summed E-state index contributed by atoms with van der Waals surface area (Å²) in [6.07, 6.45) is 2.02. The molecule has 3 rings (SSSR count). The zero-order chi connectivity index (χ0) is 18.2. The van der Waals surface area contributed by atoms with Crippen molar-refractivity contribution in [2.45, 2.75) is 44.6 Å². The summed E-state index contributed by atoms with van der Waals surface area (Å²) >= 11 is 0. The summed E-state index contributed by atoms with van der Waals surface area (Å²) in [5, 5.41) is 2.88. The summed E-state index contributed by atoms with van der Waals surface area (Å²) < 4.78 is 28.0. The van der Waals surface area contributed by atoms with Gasteiger partial charge in [-0.15, -0.1) is 0 Å². The molecule has 0 saturated heterocycles. The van der Waals surface area contributed by atoms with E-state index in [4.69, 9.17) is 0 Å². The molecule has 0 heterocycles. The van der Waals surface area contributed by atoms with Gasteiger partial charge in [0.05, 0.1) is 10.6 Å². The molecule has 1 fully saturated rings. The third kappa shape index (κ3) is 4.02. The number of amides is 1. The molecule has 2 N–H and O–H groups in total. The van der Waals surface area contributed by atoms with Gasteiger partial charge >= 0.3 is 0 Å². The standard InChI is InChI=1S/C19H22N2O3S/c1-12-10-13(2)18(14(3)11-12)21-25(23,24)17-8-4-15(5-9-17)19(22)20-16-6-7-16/h4-5,8-11,16,21H,6-7H2,1-3H3,(H,20,22). The second-order valence-corrected chi connectivity index (χ2v) is 8.33. The van der Waals surface area contributed by atoms with E-state index >= 15 is 0 Å². The lowest BCUT2D eigenvalue weighted by molar-refractivity contribution is 0.0951. The molecule has 0 bridgehead atoms. The van der Waals surface area contributed by atoms with E-state index in [1.807, 2.05) is 32.9 Å². The monoisotopic (exact) mass is 358 g/mol. The molecule has 0 aromatic heterocycles. The quantitative estimate of drug-likeness (QED) is 0.861. The average Bonchev–Trinajstić information content (AvgIpc) is 3.35. The van der Waals surface area contributed by atoms with E-state index in [2.05, 4.69) is 10.0 Å². The summed E-state index contributed by atoms with van der Waals surface area (Å²) in [5.74, 6) is -0.162. The van der Waals surface area contributed by atoms with Gasteiger partial charge in [-0.3, -0.25) is 9.52 Å². The summed E-state index contributed by atoms with van der Waals surface area (Å²) in [6, 6.07) is 10.2. The van der Waals surface area contributed by atoms with Crippen molar-refractivity contribution in [2.24, 2.45) is 0 Å². The van der Waals surface area contributed by atoms with E-state index in [-0.39, 0.29) is 16.8 Å². The summed E-state index contributed by atoms with van der Waals surface area (Å²) in [5.41, 5.74) is 3.90. The lowest BCUT2D eigenvalue weighted by atomic mass is 10.1. The number of carbonyl (C=O) groups is 1. The number of nitrogens with one attached hydrogen (secondary N) is 2. The van der Waals surface area contributed by atoms with Crippen molar-refractivity contribution in [1.82, 2.24) is 5.32 Å². The zero-order valence-corrected chi connectivity index (χ0v) is 15.4. The van der Waals surface area contributed by atoms with Crippen molar-refractivity contribution in [1.29, 1.82) is 0 Å². The molecule has 2 aromatic carbocycles. The van der Waals surface area contributed by atoms with Gasteiger partial charge in [-0.05, 0) is 69.0 Å². The highest BCUT2D eigenvalue weighted by molar-refractivity contribution is 7.92. The van der Waals surface area contributed by atoms with Crippen LogP contribution in [-0.4, -0.2) is 20.4 Å². The minimum absolute atomic E-state index is 0.134. The van der Waals surface area contributed by atoms with E-state index in [0.717, 1.165) is 29.5 Å². The molecule has 25 heavy (non-hydrogen) atoms. The predicted molar refractivity (Wildman–Crippen MR) is 98.4 cm³/mol. The SMILES string of the molecule is Cc1cc(C)c(NS(=O)(=O)c2ccc(C(=O)NC3CC3)cc2)c(C)c1. The number of anilines is 1. The van der Waals surface area contributed by atoms with Gasteiger partial charge in [0.25, 0.3) is 15.9 Å². The van der Waals surface area contributed by atoms with Gasteiger partial charge in [0.15, 0.2) is 0 Å². The molecule has 1 aliphatic carbocycles. The summed E-state index contributed by atoms with van der Waals surface area (Å²) in [4.78, 5) is 12.1. The molecule has 1 aliphatic rings. The number of benzene rings is 2. The van der Waals surface area contributed by atoms with Crippen LogP contribution >= 0.6 is 0 Å². The van der Waals surface area contributed by atoms with Gasteiger partial charge in [0, 0.05) is 11.6 Å². The maximum atomic E-state index is 12.6. The molecule has 0 radical (unpaired) electrons. The fraction of sp³-hybridized carbons (Fsp3) is 0.316. The first-order chi connectivity index (χ1) is 11.8. The number of hydrogen-bond donors (Lipinski definition) is 2. The Morgan fingerprint density at radius 3 is 2.08 bits per heavy atom. The van der Waals surface area contributed by atoms with Crippen LogP contribution in [-0.2, 0) is 10.0 Å². The van der Waals surface area contributed by atoms with Gasteiger partial charge in [-0.2, -0.15) is 0 Å². The fourth-order valence-corrected chi connectivity index (χ4v) is 4.02. The van der Waals surface area contributed by atoms with E-state index in [9.17, 15) is 13.2 Å². The third-order valence-corrected chi connectivity index (χ3v) is 5.62. The van der Waals surface area contributed by atoms with Crippen LogP contribution < -0.4 is 10.0 Å². The Morgan fingerprint density at radius 1 is 1.00 bits per heavy atom. The van der Waals surface area contributed by atoms with E-state index in [1.54, 1.807) is 12.1 Å². The van der Waals surface area contributed by atoms with Crippen molar-refractivity contribution in [3.8, 4) is 0 Å². The minimum Gasteiger partial charge on any atom is -0.349 e. The van der Waals surface area contributed by atoms with Crippen LogP contribution in [0.15, 0.2) is 41.3 Å². The molecule has 0 atom stereocenters. The first kappa shape index (κ1) is 17.5. The number of rotatable bonds is 5. The number of carbonyl (C=O) groups excluding carboxylic acids is 1. The summed E-state index contributed by atoms with van der Waals surface area (Å²) in [6.45, 7) is 5.73. The molecular weight excluding hydrogens is 336 g/mol. The molecule has 132 valence electrons. The highest BCUT2D eigenvalue weighted by atomic mass is 32.2. The van der Waals surface area contributed by atoms with Crippen molar-refractivity contribution in [3.63, 3.8) is 0 Å². The number of sulfonamides is 1. The smallest absolute Gasteiger partial charge is 0.261 e. The van der Waals surface area contributed by atoms with Gasteiger partial charge in [0.2, 0.25) is 0 Å². The molecular formula is C19H22N2O3S. The van der Waals surface area contributed by atoms with E-state index in [0.29, 0.717) is 11.3 Å². The Balaban J connectivity index is 1.81. The zero-order valence-electron chi connectivity index (χ0n) is 14.6. The molecule has 1 saturated carbocycles. The Morgan fingerprint density at radius 2 is 1.56 bits per heavy atom. The average molecular weight is 358 g/mol. The molecule has 2 aromatic rings. The number of aryl methyl sites for hydroxylation is 3. The first-order valence-electron chi connectivity index (χ1n) is 8.28. The largest absolute Gasteiger partial charge is 0.349 e. The van der Waals surface area contributed by atoms with Gasteiger partial charge < -0.3 is 5.32 Å². The van der Waals surface area contributed by atoms with E-state index < -0.39 is 10.0 Å². The van der Waals surface area contributed by atoms with Crippen molar-refractivity contribution in [2.75, 3.05) is 4.72 Å². The van der Waals surface area contributed by atoms with Gasteiger partial charge in [-0.25, -0.2) is 8.42 Å². The predicted octanol–water partition coefficient (Wildman–Crippen LogP) is 3.30. The highest BCUT2D eigenvalue weighted by Gasteiger charge is 2.24. The third-order valence-electron chi connectivity index (χ3n) is 4.25. The second kappa shape index (κ2) is 6.52. The molecule has 5 nitrogen and oxygen atoms in total. The maximum absolute atomic E-state index is 12.6. The van der Waals surface area contributed by atoms with Crippen LogP contribution in [0.4, 0.5) is 5.69 Å². The first-order valence-corrected chi connectivity index (χ1v) is 9.76. The molecule has 1 amide bonds. The number of hydrogen-bond acceptors (Lipinski definition) is 3. The van der Waals surface area contributed by atoms with Crippen LogP contribution in [0.1, 0.15) is 39.9 Å². The van der Waals surface area contributed by atoms with Gasteiger partial charge in [-0.1, -0.05) is 17.7 Å². The maximum Gasteiger partial charge on any atom is 0.261 e. The Kier molecular flexibility index (Phi) is 4.56. The van der Waals surface area contributed by atoms with Crippen molar-refractivity contribution >= 4 is 21.6 Å². The summed E-state index contributed by atoms with van der Waals surface area (Å²) in [7, 11) is -3.71. The topological polar surface area (TPSA) is 75.3 Å². The Bertz CT molecular complexity index is 891. The molecule has 0 aliphatic heterocycles. The lowest BCUT2D eigenvalue weighted by Gasteiger charge is -2.14. The van der Waals surface area contributed by atoms with Crippen LogP contribution in [0, 0.1) is 20.8 Å². The van der Waals surface area contributed by atoms with E-state index in [1.165, 1.54) is 12.1 Å². The minimum atomic E-state index is -3.71. The van der Waals surface area contributed by atoms with Crippen LogP contribution in [0.5, 0.6) is 0 Å². The fourth-order valence-electron chi connectivity index (χ4n) is 2.82. The Hall–Kier alpha value is -2.34. The van der Waals surface area contributed by atoms with Crippen LogP contribution in [0.25, 0.3) is 0 Å². The van der Waals surface area contributed by atoms with Crippen LogP contribution in [0.3, 0.4) is 0 Å². The Labute approximate surface area is 148 Å². The normalized spacial score (nSPS) is 14.2. The second-order valence-electron chi connectivity index (χ2n) is 6.65. The van der Waals surface area contributed by atoms with Crippen molar-refractivity contribution < 1.29 is 13.2 Å². The highest BCUT2D eigenvalue weighted by Crippen LogP contribution is 2.25.